The molecule has 0 atom stereocenters. The Kier molecular flexibility index (Phi) is 4.75. The molecule has 0 bridgehead atoms. The summed E-state index contributed by atoms with van der Waals surface area (Å²) in [5, 5.41) is 20.9. The van der Waals surface area contributed by atoms with Crippen molar-refractivity contribution in [1.29, 1.82) is 0 Å². The van der Waals surface area contributed by atoms with Crippen molar-refractivity contribution in [3.8, 4) is 11.8 Å². The summed E-state index contributed by atoms with van der Waals surface area (Å²) in [6.45, 7) is 3.47. The fourth-order valence-electron chi connectivity index (χ4n) is 1.56. The van der Waals surface area contributed by atoms with Gasteiger partial charge in [-0.05, 0) is 32.0 Å². The summed E-state index contributed by atoms with van der Waals surface area (Å²) in [5.41, 5.74) is 5.56. The zero-order valence-corrected chi connectivity index (χ0v) is 13.1. The number of hydrogen-bond acceptors (Lipinski definition) is 6. The van der Waals surface area contributed by atoms with Crippen molar-refractivity contribution in [3.05, 3.63) is 40.4 Å². The fourth-order valence-corrected chi connectivity index (χ4v) is 2.11. The van der Waals surface area contributed by atoms with Gasteiger partial charge in [0.05, 0.1) is 6.54 Å². The Labute approximate surface area is 132 Å². The van der Waals surface area contributed by atoms with Crippen LogP contribution in [-0.4, -0.2) is 26.8 Å². The van der Waals surface area contributed by atoms with Crippen molar-refractivity contribution in [1.82, 2.24) is 15.5 Å². The van der Waals surface area contributed by atoms with Crippen LogP contribution in [0.1, 0.15) is 34.8 Å². The maximum atomic E-state index is 12.1. The average Bonchev–Trinajstić information content (AvgIpc) is 2.88. The van der Waals surface area contributed by atoms with Gasteiger partial charge < -0.3 is 16.2 Å². The van der Waals surface area contributed by atoms with Crippen molar-refractivity contribution >= 4 is 22.4 Å². The third kappa shape index (κ3) is 4.84. The Hall–Kier alpha value is -2.43. The van der Waals surface area contributed by atoms with Crippen molar-refractivity contribution < 1.29 is 9.90 Å². The van der Waals surface area contributed by atoms with Gasteiger partial charge in [0.1, 0.15) is 10.6 Å². The Balaban J connectivity index is 2.05. The molecule has 0 saturated carbocycles. The standard InChI is InChI=1S/C15H16N4O2S/c1-15(2,21)7-6-10-4-3-5-11(8-10)13(20)17-9-12-18-19-14(16)22-12/h3-5,8,21H,9H2,1-2H3,(H2,16,19)(H,17,20). The average molecular weight is 316 g/mol. The molecule has 4 N–H and O–H groups in total. The van der Waals surface area contributed by atoms with E-state index in [1.54, 1.807) is 38.1 Å². The molecule has 1 heterocycles. The SMILES string of the molecule is CC(C)(O)C#Cc1cccc(C(=O)NCc2nnc(N)s2)c1. The summed E-state index contributed by atoms with van der Waals surface area (Å²) < 4.78 is 0. The van der Waals surface area contributed by atoms with Crippen molar-refractivity contribution in [3.63, 3.8) is 0 Å². The van der Waals surface area contributed by atoms with Crippen LogP contribution in [-0.2, 0) is 6.54 Å². The first-order chi connectivity index (χ1) is 10.3. The van der Waals surface area contributed by atoms with Gasteiger partial charge in [-0.3, -0.25) is 4.79 Å². The summed E-state index contributed by atoms with van der Waals surface area (Å²) in [6.07, 6.45) is 0. The smallest absolute Gasteiger partial charge is 0.251 e. The molecule has 1 aromatic heterocycles. The van der Waals surface area contributed by atoms with Crippen molar-refractivity contribution in [2.24, 2.45) is 0 Å². The number of nitrogens with two attached hydrogens (primary N) is 1. The molecule has 0 aliphatic rings. The second-order valence-electron chi connectivity index (χ2n) is 5.11. The number of aliphatic hydroxyl groups is 1. The summed E-state index contributed by atoms with van der Waals surface area (Å²) in [4.78, 5) is 12.1. The number of carbonyl (C=O) groups is 1. The number of hydrogen-bond donors (Lipinski definition) is 3. The summed E-state index contributed by atoms with van der Waals surface area (Å²) in [6, 6.07) is 6.88. The third-order valence-corrected chi connectivity index (χ3v) is 3.27. The van der Waals surface area contributed by atoms with Crippen LogP contribution in [0.3, 0.4) is 0 Å². The molecule has 0 fully saturated rings. The lowest BCUT2D eigenvalue weighted by Crippen LogP contribution is -2.22. The summed E-state index contributed by atoms with van der Waals surface area (Å²) in [7, 11) is 0. The first-order valence-corrected chi connectivity index (χ1v) is 7.37. The minimum atomic E-state index is -1.07. The number of benzene rings is 1. The Bertz CT molecular complexity index is 738. The number of amides is 1. The highest BCUT2D eigenvalue weighted by Gasteiger charge is 2.09. The van der Waals surface area contributed by atoms with Crippen LogP contribution in [0.4, 0.5) is 5.13 Å². The topological polar surface area (TPSA) is 101 Å². The highest BCUT2D eigenvalue weighted by Crippen LogP contribution is 2.11. The molecule has 7 heteroatoms. The molecule has 6 nitrogen and oxygen atoms in total. The van der Waals surface area contributed by atoms with Crippen molar-refractivity contribution in [2.75, 3.05) is 5.73 Å². The predicted molar refractivity (Wildman–Crippen MR) is 85.1 cm³/mol. The van der Waals surface area contributed by atoms with Crippen LogP contribution in [0, 0.1) is 11.8 Å². The van der Waals surface area contributed by atoms with E-state index in [-0.39, 0.29) is 12.5 Å². The second-order valence-corrected chi connectivity index (χ2v) is 6.20. The molecular weight excluding hydrogens is 300 g/mol. The maximum Gasteiger partial charge on any atom is 0.251 e. The van der Waals surface area contributed by atoms with Gasteiger partial charge in [0.15, 0.2) is 0 Å². The van der Waals surface area contributed by atoms with Gasteiger partial charge in [0.2, 0.25) is 5.13 Å². The van der Waals surface area contributed by atoms with Gasteiger partial charge in [-0.1, -0.05) is 29.2 Å². The summed E-state index contributed by atoms with van der Waals surface area (Å²) >= 11 is 1.23. The van der Waals surface area contributed by atoms with E-state index in [1.165, 1.54) is 11.3 Å². The quantitative estimate of drug-likeness (QED) is 0.738. The van der Waals surface area contributed by atoms with Gasteiger partial charge in [-0.15, -0.1) is 10.2 Å². The van der Waals surface area contributed by atoms with Gasteiger partial charge in [0, 0.05) is 11.1 Å². The molecule has 0 aliphatic heterocycles. The van der Waals surface area contributed by atoms with E-state index in [0.717, 1.165) is 0 Å². The molecule has 0 aliphatic carbocycles. The molecule has 114 valence electrons. The molecule has 2 aromatic rings. The van der Waals surface area contributed by atoms with Crippen LogP contribution in [0.5, 0.6) is 0 Å². The molecule has 2 rings (SSSR count). The van der Waals surface area contributed by atoms with E-state index in [2.05, 4.69) is 27.4 Å². The number of nitrogens with one attached hydrogen (secondary N) is 1. The van der Waals surface area contributed by atoms with Crippen LogP contribution in [0.25, 0.3) is 0 Å². The van der Waals surface area contributed by atoms with Gasteiger partial charge >= 0.3 is 0 Å². The van der Waals surface area contributed by atoms with Gasteiger partial charge in [-0.2, -0.15) is 0 Å². The first kappa shape index (κ1) is 15.9. The largest absolute Gasteiger partial charge is 0.378 e. The molecule has 0 unspecified atom stereocenters. The number of nitrogen functional groups attached to an aromatic ring is 1. The molecule has 0 radical (unpaired) electrons. The lowest BCUT2D eigenvalue weighted by Gasteiger charge is -2.06. The number of rotatable bonds is 3. The highest BCUT2D eigenvalue weighted by atomic mass is 32.1. The highest BCUT2D eigenvalue weighted by molar-refractivity contribution is 7.15. The molecule has 1 aromatic carbocycles. The van der Waals surface area contributed by atoms with Crippen LogP contribution >= 0.6 is 11.3 Å². The molecule has 0 spiro atoms. The van der Waals surface area contributed by atoms with Gasteiger partial charge in [-0.25, -0.2) is 0 Å². The van der Waals surface area contributed by atoms with Gasteiger partial charge in [0.25, 0.3) is 5.91 Å². The molecule has 0 saturated heterocycles. The summed E-state index contributed by atoms with van der Waals surface area (Å²) in [5.74, 6) is 5.31. The van der Waals surface area contributed by atoms with E-state index in [0.29, 0.717) is 21.3 Å². The molecular formula is C15H16N4O2S. The van der Waals surface area contributed by atoms with Crippen molar-refractivity contribution in [2.45, 2.75) is 26.0 Å². The van der Waals surface area contributed by atoms with Crippen LogP contribution < -0.4 is 11.1 Å². The number of aromatic nitrogens is 2. The van der Waals surface area contributed by atoms with E-state index >= 15 is 0 Å². The Morgan fingerprint density at radius 2 is 2.23 bits per heavy atom. The normalized spacial score (nSPS) is 10.7. The predicted octanol–water partition coefficient (Wildman–Crippen LogP) is 1.17. The monoisotopic (exact) mass is 316 g/mol. The first-order valence-electron chi connectivity index (χ1n) is 6.55. The van der Waals surface area contributed by atoms with E-state index in [9.17, 15) is 9.90 Å². The minimum Gasteiger partial charge on any atom is -0.378 e. The second kappa shape index (κ2) is 6.56. The zero-order valence-electron chi connectivity index (χ0n) is 12.3. The maximum absolute atomic E-state index is 12.1. The minimum absolute atomic E-state index is 0.235. The Morgan fingerprint density at radius 3 is 2.86 bits per heavy atom. The van der Waals surface area contributed by atoms with E-state index in [1.807, 2.05) is 0 Å². The fraction of sp³-hybridized carbons (Fsp3) is 0.267. The lowest BCUT2D eigenvalue weighted by molar-refractivity contribution is 0.0950. The van der Waals surface area contributed by atoms with E-state index < -0.39 is 5.60 Å². The zero-order chi connectivity index (χ0) is 16.2. The Morgan fingerprint density at radius 1 is 1.45 bits per heavy atom. The lowest BCUT2D eigenvalue weighted by atomic mass is 10.1. The third-order valence-electron chi connectivity index (χ3n) is 2.52. The molecule has 1 amide bonds. The number of nitrogens with zero attached hydrogens (tertiary/aromatic N) is 2. The van der Waals surface area contributed by atoms with E-state index in [4.69, 9.17) is 5.73 Å². The van der Waals surface area contributed by atoms with Crippen LogP contribution in [0.15, 0.2) is 24.3 Å². The number of anilines is 1. The number of carbonyl (C=O) groups excluding carboxylic acids is 1. The molecule has 22 heavy (non-hydrogen) atoms. The van der Waals surface area contributed by atoms with Crippen LogP contribution in [0.2, 0.25) is 0 Å².